The van der Waals surface area contributed by atoms with E-state index in [0.29, 0.717) is 0 Å². The molecule has 0 aliphatic rings. The fourth-order valence-electron chi connectivity index (χ4n) is 2.20. The van der Waals surface area contributed by atoms with Crippen molar-refractivity contribution in [2.45, 2.75) is 40.0 Å². The van der Waals surface area contributed by atoms with Crippen LogP contribution in [0.4, 0.5) is 0 Å². The molecule has 0 saturated heterocycles. The van der Waals surface area contributed by atoms with E-state index in [2.05, 4.69) is 51.9 Å². The Morgan fingerprint density at radius 3 is 1.88 bits per heavy atom. The van der Waals surface area contributed by atoms with Gasteiger partial charge in [0.2, 0.25) is 0 Å². The largest absolute Gasteiger partial charge is 0.411 e. The number of nitrogens with zero attached hydrogens (tertiary/aromatic N) is 1. The first kappa shape index (κ1) is 12.8. The van der Waals surface area contributed by atoms with Gasteiger partial charge in [0.1, 0.15) is 0 Å². The second-order valence-electron chi connectivity index (χ2n) is 5.69. The van der Waals surface area contributed by atoms with Crippen LogP contribution in [0.2, 0.25) is 0 Å². The van der Waals surface area contributed by atoms with E-state index < -0.39 is 0 Å². The Kier molecular flexibility index (Phi) is 3.41. The number of hydrogen-bond donors (Lipinski definition) is 1. The third-order valence-electron chi connectivity index (χ3n) is 2.90. The van der Waals surface area contributed by atoms with Crippen LogP contribution in [0.5, 0.6) is 0 Å². The Balaban J connectivity index is 3.21. The van der Waals surface area contributed by atoms with Crippen LogP contribution < -0.4 is 0 Å². The molecular weight excluding hydrogens is 198 g/mol. The summed E-state index contributed by atoms with van der Waals surface area (Å²) in [5.74, 6) is 0. The van der Waals surface area contributed by atoms with Crippen molar-refractivity contribution in [3.8, 4) is 0 Å². The fourth-order valence-corrected chi connectivity index (χ4v) is 2.20. The number of benzene rings is 1. The lowest BCUT2D eigenvalue weighted by Crippen LogP contribution is -2.38. The minimum atomic E-state index is -0.256. The molecule has 0 radical (unpaired) electrons. The zero-order valence-corrected chi connectivity index (χ0v) is 10.8. The molecule has 0 atom stereocenters. The van der Waals surface area contributed by atoms with E-state index in [9.17, 15) is 5.21 Å². The van der Waals surface area contributed by atoms with E-state index in [1.54, 1.807) is 0 Å². The molecule has 0 aliphatic carbocycles. The van der Waals surface area contributed by atoms with E-state index in [1.807, 2.05) is 18.2 Å². The van der Waals surface area contributed by atoms with Crippen molar-refractivity contribution in [1.82, 2.24) is 0 Å². The van der Waals surface area contributed by atoms with Gasteiger partial charge in [-0.25, -0.2) is 0 Å². The molecule has 0 unspecified atom stereocenters. The third-order valence-corrected chi connectivity index (χ3v) is 2.90. The molecule has 2 nitrogen and oxygen atoms in total. The molecule has 0 saturated carbocycles. The normalized spacial score (nSPS) is 13.9. The monoisotopic (exact) mass is 219 g/mol. The van der Waals surface area contributed by atoms with Crippen LogP contribution in [0.15, 0.2) is 35.5 Å². The van der Waals surface area contributed by atoms with Crippen molar-refractivity contribution in [2.75, 3.05) is 0 Å². The first-order chi connectivity index (χ1) is 7.30. The quantitative estimate of drug-likeness (QED) is 0.457. The Morgan fingerprint density at radius 1 is 1.00 bits per heavy atom. The van der Waals surface area contributed by atoms with E-state index in [4.69, 9.17) is 0 Å². The maximum Gasteiger partial charge on any atom is 0.0723 e. The van der Waals surface area contributed by atoms with Crippen LogP contribution in [-0.2, 0) is 5.41 Å². The lowest BCUT2D eigenvalue weighted by atomic mass is 9.70. The molecule has 16 heavy (non-hydrogen) atoms. The van der Waals surface area contributed by atoms with E-state index >= 15 is 0 Å². The van der Waals surface area contributed by atoms with Gasteiger partial charge in [-0.05, 0) is 5.56 Å². The van der Waals surface area contributed by atoms with Crippen LogP contribution >= 0.6 is 0 Å². The topological polar surface area (TPSA) is 32.6 Å². The van der Waals surface area contributed by atoms with Gasteiger partial charge in [-0.3, -0.25) is 0 Å². The average molecular weight is 219 g/mol. The summed E-state index contributed by atoms with van der Waals surface area (Å²) in [6, 6.07) is 10.1. The molecule has 0 amide bonds. The first-order valence-electron chi connectivity index (χ1n) is 5.58. The van der Waals surface area contributed by atoms with Gasteiger partial charge in [0.05, 0.1) is 5.71 Å². The molecule has 0 aliphatic heterocycles. The number of hydrogen-bond acceptors (Lipinski definition) is 2. The third kappa shape index (κ3) is 2.43. The Labute approximate surface area is 98.0 Å². The lowest BCUT2D eigenvalue weighted by Gasteiger charge is -2.34. The average Bonchev–Trinajstić information content (AvgIpc) is 2.17. The SMILES string of the molecule is CC(C)(C)/C(=N/O)C(C)(C)c1ccccc1. The highest BCUT2D eigenvalue weighted by Crippen LogP contribution is 2.33. The molecule has 1 N–H and O–H groups in total. The predicted octanol–water partition coefficient (Wildman–Crippen LogP) is 3.84. The second-order valence-corrected chi connectivity index (χ2v) is 5.69. The van der Waals surface area contributed by atoms with Gasteiger partial charge in [-0.2, -0.15) is 0 Å². The van der Waals surface area contributed by atoms with E-state index in [1.165, 1.54) is 0 Å². The van der Waals surface area contributed by atoms with Crippen molar-refractivity contribution in [3.05, 3.63) is 35.9 Å². The van der Waals surface area contributed by atoms with Crippen molar-refractivity contribution >= 4 is 5.71 Å². The summed E-state index contributed by atoms with van der Waals surface area (Å²) in [4.78, 5) is 0. The molecule has 0 heterocycles. The summed E-state index contributed by atoms with van der Waals surface area (Å²) in [6.07, 6.45) is 0. The second kappa shape index (κ2) is 4.28. The van der Waals surface area contributed by atoms with Gasteiger partial charge in [-0.1, -0.05) is 70.1 Å². The first-order valence-corrected chi connectivity index (χ1v) is 5.58. The zero-order valence-electron chi connectivity index (χ0n) is 10.8. The molecule has 0 bridgehead atoms. The van der Waals surface area contributed by atoms with Crippen molar-refractivity contribution in [1.29, 1.82) is 0 Å². The molecule has 0 aromatic heterocycles. The molecule has 1 aromatic rings. The van der Waals surface area contributed by atoms with Crippen LogP contribution in [-0.4, -0.2) is 10.9 Å². The predicted molar refractivity (Wildman–Crippen MR) is 68.1 cm³/mol. The number of rotatable bonds is 2. The maximum atomic E-state index is 9.25. The molecule has 0 fully saturated rings. The fraction of sp³-hybridized carbons (Fsp3) is 0.500. The standard InChI is InChI=1S/C14H21NO/c1-13(2,3)12(15-16)14(4,5)11-9-7-6-8-10-11/h6-10,16H,1-5H3/b15-12-. The molecule has 0 spiro atoms. The minimum absolute atomic E-state index is 0.145. The highest BCUT2D eigenvalue weighted by molar-refractivity contribution is 5.97. The summed E-state index contributed by atoms with van der Waals surface area (Å²) in [5, 5.41) is 12.8. The smallest absolute Gasteiger partial charge is 0.0723 e. The Hall–Kier alpha value is -1.31. The van der Waals surface area contributed by atoms with Gasteiger partial charge in [-0.15, -0.1) is 0 Å². The Bertz CT molecular complexity index is 371. The molecule has 1 aromatic carbocycles. The van der Waals surface area contributed by atoms with Crippen LogP contribution in [0.1, 0.15) is 40.2 Å². The number of oxime groups is 1. The summed E-state index contributed by atoms with van der Waals surface area (Å²) in [6.45, 7) is 10.4. The summed E-state index contributed by atoms with van der Waals surface area (Å²) in [7, 11) is 0. The van der Waals surface area contributed by atoms with Crippen LogP contribution in [0.25, 0.3) is 0 Å². The highest BCUT2D eigenvalue weighted by Gasteiger charge is 2.35. The Morgan fingerprint density at radius 2 is 1.50 bits per heavy atom. The minimum Gasteiger partial charge on any atom is -0.411 e. The lowest BCUT2D eigenvalue weighted by molar-refractivity contribution is 0.303. The molecule has 2 heteroatoms. The van der Waals surface area contributed by atoms with E-state index in [0.717, 1.165) is 11.3 Å². The van der Waals surface area contributed by atoms with Gasteiger partial charge in [0, 0.05) is 10.8 Å². The van der Waals surface area contributed by atoms with Crippen molar-refractivity contribution in [2.24, 2.45) is 10.6 Å². The maximum absolute atomic E-state index is 9.25. The van der Waals surface area contributed by atoms with Crippen molar-refractivity contribution < 1.29 is 5.21 Å². The summed E-state index contributed by atoms with van der Waals surface area (Å²) < 4.78 is 0. The van der Waals surface area contributed by atoms with Crippen LogP contribution in [0.3, 0.4) is 0 Å². The summed E-state index contributed by atoms with van der Waals surface area (Å²) >= 11 is 0. The van der Waals surface area contributed by atoms with Crippen molar-refractivity contribution in [3.63, 3.8) is 0 Å². The summed E-state index contributed by atoms with van der Waals surface area (Å²) in [5.41, 5.74) is 1.56. The van der Waals surface area contributed by atoms with Gasteiger partial charge in [0.25, 0.3) is 0 Å². The van der Waals surface area contributed by atoms with E-state index in [-0.39, 0.29) is 10.8 Å². The van der Waals surface area contributed by atoms with Crippen LogP contribution in [0, 0.1) is 5.41 Å². The highest BCUT2D eigenvalue weighted by atomic mass is 16.4. The van der Waals surface area contributed by atoms with Gasteiger partial charge >= 0.3 is 0 Å². The molecular formula is C14H21NO. The van der Waals surface area contributed by atoms with Gasteiger partial charge < -0.3 is 5.21 Å². The molecule has 88 valence electrons. The zero-order chi connectivity index (χ0) is 12.4. The molecule has 1 rings (SSSR count). The van der Waals surface area contributed by atoms with Gasteiger partial charge in [0.15, 0.2) is 0 Å².